The highest BCUT2D eigenvalue weighted by atomic mass is 35.5. The summed E-state index contributed by atoms with van der Waals surface area (Å²) in [6, 6.07) is 5.00. The summed E-state index contributed by atoms with van der Waals surface area (Å²) < 4.78 is 29.1. The number of hydrogen-bond donors (Lipinski definition) is 2. The minimum absolute atomic E-state index is 0.0353. The summed E-state index contributed by atoms with van der Waals surface area (Å²) in [4.78, 5) is 11.4. The fourth-order valence-electron chi connectivity index (χ4n) is 2.17. The number of anilines is 2. The Labute approximate surface area is 146 Å². The van der Waals surface area contributed by atoms with Gasteiger partial charge in [-0.15, -0.1) is 0 Å². The lowest BCUT2D eigenvalue weighted by atomic mass is 10.2. The minimum Gasteiger partial charge on any atom is -0.326 e. The maximum Gasteiger partial charge on any atom is 0.266 e. The molecule has 0 fully saturated rings. The van der Waals surface area contributed by atoms with E-state index in [1.54, 1.807) is 46.0 Å². The average molecular weight is 371 g/mol. The van der Waals surface area contributed by atoms with Gasteiger partial charge in [0.15, 0.2) is 0 Å². The van der Waals surface area contributed by atoms with Crippen LogP contribution in [-0.2, 0) is 21.9 Å². The molecule has 0 aliphatic rings. The summed E-state index contributed by atoms with van der Waals surface area (Å²) in [5.41, 5.74) is 1.90. The minimum atomic E-state index is -3.91. The lowest BCUT2D eigenvalue weighted by Gasteiger charge is -2.12. The van der Waals surface area contributed by atoms with Crippen molar-refractivity contribution >= 4 is 38.9 Å². The van der Waals surface area contributed by atoms with Gasteiger partial charge < -0.3 is 5.32 Å². The van der Waals surface area contributed by atoms with Crippen LogP contribution in [0.4, 0.5) is 11.4 Å². The molecule has 0 aliphatic heterocycles. The Hall–Kier alpha value is -2.06. The fraction of sp³-hybridized carbons (Fsp3) is 0.333. The van der Waals surface area contributed by atoms with Gasteiger partial charge in [-0.3, -0.25) is 14.2 Å². The average Bonchev–Trinajstić information content (AvgIpc) is 2.75. The fourth-order valence-corrected chi connectivity index (χ4v) is 4.05. The van der Waals surface area contributed by atoms with Crippen LogP contribution in [0.15, 0.2) is 23.1 Å². The monoisotopic (exact) mass is 370 g/mol. The van der Waals surface area contributed by atoms with Crippen LogP contribution in [0.1, 0.15) is 24.6 Å². The normalized spacial score (nSPS) is 11.4. The van der Waals surface area contributed by atoms with Crippen molar-refractivity contribution in [2.75, 3.05) is 10.0 Å². The van der Waals surface area contributed by atoms with Crippen LogP contribution in [-0.4, -0.2) is 24.1 Å². The second-order valence-electron chi connectivity index (χ2n) is 5.37. The van der Waals surface area contributed by atoms with Crippen LogP contribution < -0.4 is 10.0 Å². The summed E-state index contributed by atoms with van der Waals surface area (Å²) in [6.45, 7) is 5.08. The summed E-state index contributed by atoms with van der Waals surface area (Å²) in [5, 5.41) is 6.75. The van der Waals surface area contributed by atoms with E-state index >= 15 is 0 Å². The number of hydrogen-bond acceptors (Lipinski definition) is 4. The zero-order valence-electron chi connectivity index (χ0n) is 13.8. The molecule has 0 radical (unpaired) electrons. The molecule has 0 saturated heterocycles. The summed E-state index contributed by atoms with van der Waals surface area (Å²) in [7, 11) is -2.34. The number of nitrogens with one attached hydrogen (secondary N) is 2. The van der Waals surface area contributed by atoms with Gasteiger partial charge in [-0.2, -0.15) is 5.10 Å². The van der Waals surface area contributed by atoms with Crippen molar-refractivity contribution in [2.24, 2.45) is 7.05 Å². The maximum atomic E-state index is 12.7. The first-order valence-electron chi connectivity index (χ1n) is 7.28. The number of aryl methyl sites for hydroxylation is 3. The molecule has 0 saturated carbocycles. The molecule has 0 aliphatic carbocycles. The smallest absolute Gasteiger partial charge is 0.266 e. The lowest BCUT2D eigenvalue weighted by molar-refractivity contribution is -0.115. The molecule has 2 aromatic rings. The highest BCUT2D eigenvalue weighted by Gasteiger charge is 2.25. The number of carbonyl (C=O) groups excluding carboxylic acids is 1. The first-order chi connectivity index (χ1) is 11.2. The number of sulfonamides is 1. The highest BCUT2D eigenvalue weighted by molar-refractivity contribution is 7.92. The van der Waals surface area contributed by atoms with E-state index in [1.165, 1.54) is 4.68 Å². The zero-order valence-corrected chi connectivity index (χ0v) is 15.4. The number of amides is 1. The third kappa shape index (κ3) is 3.70. The van der Waals surface area contributed by atoms with E-state index < -0.39 is 10.0 Å². The topological polar surface area (TPSA) is 93.1 Å². The molecule has 1 heterocycles. The quantitative estimate of drug-likeness (QED) is 0.846. The number of rotatable bonds is 5. The van der Waals surface area contributed by atoms with Crippen molar-refractivity contribution in [2.45, 2.75) is 32.1 Å². The molecule has 7 nitrogen and oxygen atoms in total. The number of aromatic nitrogens is 2. The van der Waals surface area contributed by atoms with Gasteiger partial charge in [0.1, 0.15) is 10.0 Å². The molecule has 130 valence electrons. The van der Waals surface area contributed by atoms with Crippen molar-refractivity contribution in [3.05, 3.63) is 34.6 Å². The summed E-state index contributed by atoms with van der Waals surface area (Å²) in [5.74, 6) is -0.154. The van der Waals surface area contributed by atoms with E-state index in [9.17, 15) is 13.2 Å². The molecule has 2 rings (SSSR count). The third-order valence-electron chi connectivity index (χ3n) is 3.46. The molecule has 0 spiro atoms. The molecule has 0 atom stereocenters. The van der Waals surface area contributed by atoms with Crippen molar-refractivity contribution in [1.82, 2.24) is 9.78 Å². The molecule has 2 N–H and O–H groups in total. The summed E-state index contributed by atoms with van der Waals surface area (Å²) >= 11 is 6.05. The number of halogens is 1. The molecule has 0 unspecified atom stereocenters. The molecular weight excluding hydrogens is 352 g/mol. The second-order valence-corrected chi connectivity index (χ2v) is 7.34. The van der Waals surface area contributed by atoms with Crippen LogP contribution in [0, 0.1) is 13.8 Å². The maximum absolute atomic E-state index is 12.7. The Kier molecular flexibility index (Phi) is 5.19. The van der Waals surface area contributed by atoms with Crippen molar-refractivity contribution < 1.29 is 13.2 Å². The Balaban J connectivity index is 2.39. The van der Waals surface area contributed by atoms with Crippen molar-refractivity contribution in [3.63, 3.8) is 0 Å². The second kappa shape index (κ2) is 6.82. The van der Waals surface area contributed by atoms with Crippen molar-refractivity contribution in [1.29, 1.82) is 0 Å². The first-order valence-corrected chi connectivity index (χ1v) is 9.14. The highest BCUT2D eigenvalue weighted by Crippen LogP contribution is 2.28. The van der Waals surface area contributed by atoms with Gasteiger partial charge in [-0.1, -0.05) is 24.6 Å². The van der Waals surface area contributed by atoms with E-state index in [4.69, 9.17) is 11.6 Å². The van der Waals surface area contributed by atoms with E-state index in [0.29, 0.717) is 29.1 Å². The van der Waals surface area contributed by atoms with Crippen LogP contribution in [0.5, 0.6) is 0 Å². The first kappa shape index (κ1) is 18.3. The van der Waals surface area contributed by atoms with Gasteiger partial charge in [-0.05, 0) is 31.5 Å². The van der Waals surface area contributed by atoms with Crippen LogP contribution in [0.3, 0.4) is 0 Å². The molecule has 1 aromatic heterocycles. The van der Waals surface area contributed by atoms with E-state index in [2.05, 4.69) is 15.1 Å². The van der Waals surface area contributed by atoms with E-state index in [0.717, 1.165) is 0 Å². The zero-order chi connectivity index (χ0) is 18.1. The van der Waals surface area contributed by atoms with Gasteiger partial charge >= 0.3 is 0 Å². The number of benzene rings is 1. The SMILES string of the molecule is CCC(=O)Nc1ccc(C)c(NS(=O)(=O)c2c(C)nn(C)c2Cl)c1. The molecule has 1 amide bonds. The van der Waals surface area contributed by atoms with Crippen LogP contribution >= 0.6 is 11.6 Å². The Morgan fingerprint density at radius 1 is 1.33 bits per heavy atom. The Bertz CT molecular complexity index is 890. The third-order valence-corrected chi connectivity index (χ3v) is 5.52. The van der Waals surface area contributed by atoms with Gasteiger partial charge in [0, 0.05) is 19.2 Å². The molecule has 24 heavy (non-hydrogen) atoms. The lowest BCUT2D eigenvalue weighted by Crippen LogP contribution is -2.15. The predicted molar refractivity (Wildman–Crippen MR) is 93.9 cm³/mol. The molecule has 0 bridgehead atoms. The molecular formula is C15H19ClN4O3S. The van der Waals surface area contributed by atoms with Crippen molar-refractivity contribution in [3.8, 4) is 0 Å². The standard InChI is InChI=1S/C15H19ClN4O3S/c1-5-13(21)17-11-7-6-9(2)12(8-11)19-24(22,23)14-10(3)18-20(4)15(14)16/h6-8,19H,5H2,1-4H3,(H,17,21). The predicted octanol–water partition coefficient (Wildman–Crippen LogP) is 2.84. The van der Waals surface area contributed by atoms with E-state index in [1.807, 2.05) is 0 Å². The Morgan fingerprint density at radius 2 is 2.00 bits per heavy atom. The van der Waals surface area contributed by atoms with Gasteiger partial charge in [0.25, 0.3) is 10.0 Å². The van der Waals surface area contributed by atoms with Crippen LogP contribution in [0.25, 0.3) is 0 Å². The molecule has 9 heteroatoms. The van der Waals surface area contributed by atoms with E-state index in [-0.39, 0.29) is 16.0 Å². The molecule has 1 aromatic carbocycles. The van der Waals surface area contributed by atoms with Crippen LogP contribution in [0.2, 0.25) is 5.15 Å². The number of carbonyl (C=O) groups is 1. The largest absolute Gasteiger partial charge is 0.326 e. The number of nitrogens with zero attached hydrogens (tertiary/aromatic N) is 2. The Morgan fingerprint density at radius 3 is 2.54 bits per heavy atom. The van der Waals surface area contributed by atoms with Gasteiger partial charge in [0.05, 0.1) is 11.4 Å². The summed E-state index contributed by atoms with van der Waals surface area (Å²) in [6.07, 6.45) is 0.333. The van der Waals surface area contributed by atoms with Gasteiger partial charge in [0.2, 0.25) is 5.91 Å². The van der Waals surface area contributed by atoms with Gasteiger partial charge in [-0.25, -0.2) is 8.42 Å².